The summed E-state index contributed by atoms with van der Waals surface area (Å²) in [7, 11) is 3.41. The number of carbonyl (C=O) groups excluding carboxylic acids is 1. The van der Waals surface area contributed by atoms with Crippen LogP contribution in [0.5, 0.6) is 5.75 Å². The number of guanidine groups is 1. The van der Waals surface area contributed by atoms with Gasteiger partial charge in [-0.2, -0.15) is 0 Å². The Morgan fingerprint density at radius 2 is 1.90 bits per heavy atom. The fourth-order valence-electron chi connectivity index (χ4n) is 3.43. The molecule has 2 aromatic rings. The molecule has 0 aliphatic carbocycles. The molecule has 1 saturated heterocycles. The van der Waals surface area contributed by atoms with Gasteiger partial charge in [0.1, 0.15) is 5.75 Å². The number of anilines is 2. The minimum Gasteiger partial charge on any atom is -0.495 e. The largest absolute Gasteiger partial charge is 0.495 e. The van der Waals surface area contributed by atoms with Crippen molar-refractivity contribution in [2.75, 3.05) is 57.1 Å². The summed E-state index contributed by atoms with van der Waals surface area (Å²) in [5.74, 6) is 3.99. The zero-order chi connectivity index (χ0) is 21.3. The van der Waals surface area contributed by atoms with Gasteiger partial charge < -0.3 is 25.2 Å². The molecule has 0 atom stereocenters. The van der Waals surface area contributed by atoms with E-state index in [9.17, 15) is 4.79 Å². The molecule has 31 heavy (non-hydrogen) atoms. The second-order valence-electron chi connectivity index (χ2n) is 6.82. The standard InChI is InChI=1S/C23H27N5O2.HI/c1-4-18-8-7-9-19(16-18)26-22(29)17-25-23(24-2)28-14-12-27(13-15-28)20-10-5-6-11-21(20)30-3;/h1,5-11,16H,12-15,17H2,2-3H3,(H,24,25)(H,26,29);1H. The Bertz CT molecular complexity index is 949. The molecule has 2 aromatic carbocycles. The lowest BCUT2D eigenvalue weighted by atomic mass is 10.2. The van der Waals surface area contributed by atoms with E-state index in [-0.39, 0.29) is 36.4 Å². The first kappa shape index (κ1) is 24.3. The zero-order valence-electron chi connectivity index (χ0n) is 17.8. The van der Waals surface area contributed by atoms with E-state index in [0.717, 1.165) is 43.2 Å². The second kappa shape index (κ2) is 12.1. The number of nitrogens with one attached hydrogen (secondary N) is 2. The smallest absolute Gasteiger partial charge is 0.243 e. The highest BCUT2D eigenvalue weighted by Gasteiger charge is 2.21. The van der Waals surface area contributed by atoms with Gasteiger partial charge in [0.2, 0.25) is 5.91 Å². The summed E-state index contributed by atoms with van der Waals surface area (Å²) in [5, 5.41) is 5.99. The lowest BCUT2D eigenvalue weighted by Gasteiger charge is -2.38. The van der Waals surface area contributed by atoms with Crippen LogP contribution in [0.2, 0.25) is 0 Å². The first-order chi connectivity index (χ1) is 14.6. The molecule has 8 heteroatoms. The Hall–Kier alpha value is -2.93. The van der Waals surface area contributed by atoms with Crippen LogP contribution in [0.1, 0.15) is 5.56 Å². The molecule has 1 amide bonds. The lowest BCUT2D eigenvalue weighted by molar-refractivity contribution is -0.115. The summed E-state index contributed by atoms with van der Waals surface area (Å²) in [4.78, 5) is 21.1. The molecule has 1 aliphatic heterocycles. The molecule has 0 saturated carbocycles. The summed E-state index contributed by atoms with van der Waals surface area (Å²) in [6.45, 7) is 3.39. The van der Waals surface area contributed by atoms with E-state index in [0.29, 0.717) is 11.6 Å². The summed E-state index contributed by atoms with van der Waals surface area (Å²) in [6.07, 6.45) is 5.40. The van der Waals surface area contributed by atoms with E-state index in [4.69, 9.17) is 11.2 Å². The van der Waals surface area contributed by atoms with Crippen LogP contribution in [-0.2, 0) is 4.79 Å². The first-order valence-electron chi connectivity index (χ1n) is 9.84. The van der Waals surface area contributed by atoms with E-state index in [1.165, 1.54) is 0 Å². The molecule has 0 aromatic heterocycles. The van der Waals surface area contributed by atoms with Crippen LogP contribution >= 0.6 is 24.0 Å². The molecule has 1 aliphatic rings. The van der Waals surface area contributed by atoms with Crippen molar-refractivity contribution >= 4 is 47.2 Å². The summed E-state index contributed by atoms with van der Waals surface area (Å²) < 4.78 is 5.48. The summed E-state index contributed by atoms with van der Waals surface area (Å²) in [5.41, 5.74) is 2.50. The average molecular weight is 533 g/mol. The van der Waals surface area contributed by atoms with Crippen LogP contribution in [0.4, 0.5) is 11.4 Å². The number of benzene rings is 2. The van der Waals surface area contributed by atoms with Gasteiger partial charge in [-0.3, -0.25) is 9.79 Å². The molecule has 0 radical (unpaired) electrons. The maximum absolute atomic E-state index is 12.3. The Labute approximate surface area is 200 Å². The van der Waals surface area contributed by atoms with Gasteiger partial charge in [0.05, 0.1) is 19.3 Å². The molecule has 0 unspecified atom stereocenters. The van der Waals surface area contributed by atoms with Gasteiger partial charge in [0.15, 0.2) is 5.96 Å². The number of methoxy groups -OCH3 is 1. The number of piperazine rings is 1. The van der Waals surface area contributed by atoms with E-state index < -0.39 is 0 Å². The third-order valence-corrected chi connectivity index (χ3v) is 4.94. The number of aliphatic imine (C=N–C) groups is 1. The number of hydrogen-bond donors (Lipinski definition) is 2. The molecule has 2 N–H and O–H groups in total. The predicted molar refractivity (Wildman–Crippen MR) is 137 cm³/mol. The number of terminal acetylenes is 1. The summed E-state index contributed by atoms with van der Waals surface area (Å²) >= 11 is 0. The molecule has 3 rings (SSSR count). The first-order valence-corrected chi connectivity index (χ1v) is 9.84. The van der Waals surface area contributed by atoms with Crippen LogP contribution in [0.25, 0.3) is 0 Å². The number of ether oxygens (including phenoxy) is 1. The van der Waals surface area contributed by atoms with Crippen molar-refractivity contribution in [1.29, 1.82) is 0 Å². The van der Waals surface area contributed by atoms with Gasteiger partial charge in [0.25, 0.3) is 0 Å². The molecule has 7 nitrogen and oxygen atoms in total. The molecular weight excluding hydrogens is 505 g/mol. The average Bonchev–Trinajstić information content (AvgIpc) is 2.80. The Morgan fingerprint density at radius 1 is 1.16 bits per heavy atom. The minimum atomic E-state index is -0.155. The third kappa shape index (κ3) is 6.52. The minimum absolute atomic E-state index is 0. The van der Waals surface area contributed by atoms with Gasteiger partial charge in [-0.05, 0) is 30.3 Å². The van der Waals surface area contributed by atoms with Crippen LogP contribution in [0.3, 0.4) is 0 Å². The Kier molecular flexibility index (Phi) is 9.46. The molecule has 0 bridgehead atoms. The van der Waals surface area contributed by atoms with E-state index in [1.54, 1.807) is 20.2 Å². The normalized spacial score (nSPS) is 13.6. The SMILES string of the molecule is C#Cc1cccc(NC(=O)CNC(=NC)N2CCN(c3ccccc3OC)CC2)c1.I. The van der Waals surface area contributed by atoms with Gasteiger partial charge >= 0.3 is 0 Å². The van der Waals surface area contributed by atoms with Crippen molar-refractivity contribution in [2.24, 2.45) is 4.99 Å². The van der Waals surface area contributed by atoms with Crippen molar-refractivity contribution in [2.45, 2.75) is 0 Å². The van der Waals surface area contributed by atoms with Crippen LogP contribution in [0.15, 0.2) is 53.5 Å². The highest BCUT2D eigenvalue weighted by Crippen LogP contribution is 2.28. The summed E-state index contributed by atoms with van der Waals surface area (Å²) in [6, 6.07) is 15.2. The number of rotatable bonds is 5. The number of carbonyl (C=O) groups is 1. The van der Waals surface area contributed by atoms with Crippen molar-refractivity contribution < 1.29 is 9.53 Å². The van der Waals surface area contributed by atoms with Gasteiger partial charge in [-0.15, -0.1) is 30.4 Å². The van der Waals surface area contributed by atoms with Crippen molar-refractivity contribution in [1.82, 2.24) is 10.2 Å². The van der Waals surface area contributed by atoms with Crippen LogP contribution in [-0.4, -0.2) is 63.6 Å². The zero-order valence-corrected chi connectivity index (χ0v) is 20.1. The van der Waals surface area contributed by atoms with E-state index >= 15 is 0 Å². The fourth-order valence-corrected chi connectivity index (χ4v) is 3.43. The van der Waals surface area contributed by atoms with Crippen LogP contribution < -0.4 is 20.3 Å². The van der Waals surface area contributed by atoms with E-state index in [1.807, 2.05) is 36.4 Å². The second-order valence-corrected chi connectivity index (χ2v) is 6.82. The number of para-hydroxylation sites is 2. The number of halogens is 1. The number of amides is 1. The Morgan fingerprint density at radius 3 is 2.58 bits per heavy atom. The highest BCUT2D eigenvalue weighted by molar-refractivity contribution is 14.0. The predicted octanol–water partition coefficient (Wildman–Crippen LogP) is 2.63. The molecule has 1 heterocycles. The third-order valence-electron chi connectivity index (χ3n) is 4.94. The van der Waals surface area contributed by atoms with Crippen molar-refractivity contribution in [3.63, 3.8) is 0 Å². The maximum Gasteiger partial charge on any atom is 0.243 e. The van der Waals surface area contributed by atoms with Gasteiger partial charge in [-0.25, -0.2) is 0 Å². The highest BCUT2D eigenvalue weighted by atomic mass is 127. The van der Waals surface area contributed by atoms with Gasteiger partial charge in [-0.1, -0.05) is 24.1 Å². The quantitative estimate of drug-likeness (QED) is 0.268. The van der Waals surface area contributed by atoms with Crippen molar-refractivity contribution in [3.05, 3.63) is 54.1 Å². The molecule has 164 valence electrons. The van der Waals surface area contributed by atoms with Crippen molar-refractivity contribution in [3.8, 4) is 18.1 Å². The molecular formula is C23H28IN5O2. The topological polar surface area (TPSA) is 69.2 Å². The Balaban J connectivity index is 0.00000341. The molecule has 1 fully saturated rings. The number of nitrogens with zero attached hydrogens (tertiary/aromatic N) is 3. The number of hydrogen-bond acceptors (Lipinski definition) is 4. The lowest BCUT2D eigenvalue weighted by Crippen LogP contribution is -2.53. The maximum atomic E-state index is 12.3. The van der Waals surface area contributed by atoms with E-state index in [2.05, 4.69) is 37.4 Å². The fraction of sp³-hybridized carbons (Fsp3) is 0.304. The monoisotopic (exact) mass is 533 g/mol. The van der Waals surface area contributed by atoms with Crippen LogP contribution in [0, 0.1) is 12.3 Å². The van der Waals surface area contributed by atoms with Gasteiger partial charge in [0, 0.05) is 44.5 Å². The molecule has 0 spiro atoms.